The lowest BCUT2D eigenvalue weighted by Gasteiger charge is -2.21. The fourth-order valence-corrected chi connectivity index (χ4v) is 2.05. The van der Waals surface area contributed by atoms with Crippen molar-refractivity contribution >= 4 is 29.1 Å². The van der Waals surface area contributed by atoms with E-state index in [4.69, 9.17) is 16.3 Å². The molecule has 0 heterocycles. The highest BCUT2D eigenvalue weighted by Gasteiger charge is 2.37. The molecule has 1 aromatic rings. The molecule has 0 aliphatic heterocycles. The Kier molecular flexibility index (Phi) is 6.28. The number of ether oxygens (including phenoxy) is 1. The van der Waals surface area contributed by atoms with Crippen LogP contribution in [0.1, 0.15) is 36.7 Å². The molecule has 0 aliphatic carbocycles. The number of ketones is 1. The summed E-state index contributed by atoms with van der Waals surface area (Å²) in [5.41, 5.74) is -0.541. The smallest absolute Gasteiger partial charge is 0.454 e. The molecule has 0 aliphatic rings. The molecule has 0 aromatic heterocycles. The number of rotatable bonds is 4. The van der Waals surface area contributed by atoms with Crippen molar-refractivity contribution in [3.63, 3.8) is 0 Å². The highest BCUT2D eigenvalue weighted by Crippen LogP contribution is 2.27. The maximum atomic E-state index is 12.5. The summed E-state index contributed by atoms with van der Waals surface area (Å²) in [6, 6.07) is 4.09. The molecule has 0 bridgehead atoms. The Morgan fingerprint density at radius 3 is 2.16 bits per heavy atom. The summed E-state index contributed by atoms with van der Waals surface area (Å²) in [4.78, 5) is 24.8. The Hall–Kier alpha value is -2.02. The minimum absolute atomic E-state index is 0.00120. The number of allylic oxidation sites excluding steroid dienone is 1. The van der Waals surface area contributed by atoms with Crippen molar-refractivity contribution < 1.29 is 27.5 Å². The summed E-state index contributed by atoms with van der Waals surface area (Å²) in [5, 5.41) is 0.0956. The number of carbonyl (C=O) groups excluding carboxylic acids is 2. The van der Waals surface area contributed by atoms with Crippen molar-refractivity contribution in [3.05, 3.63) is 40.4 Å². The van der Waals surface area contributed by atoms with Crippen LogP contribution in [0.3, 0.4) is 0 Å². The van der Waals surface area contributed by atoms with Crippen molar-refractivity contribution in [3.8, 4) is 0 Å². The van der Waals surface area contributed by atoms with Crippen LogP contribution in [0.25, 0.3) is 5.70 Å². The topological polar surface area (TPSA) is 46.6 Å². The van der Waals surface area contributed by atoms with Gasteiger partial charge in [0, 0.05) is 25.9 Å². The van der Waals surface area contributed by atoms with E-state index in [0.717, 1.165) is 0 Å². The summed E-state index contributed by atoms with van der Waals surface area (Å²) in [5.74, 6) is -2.70. The van der Waals surface area contributed by atoms with Crippen LogP contribution in [0, 0.1) is 0 Å². The van der Waals surface area contributed by atoms with Gasteiger partial charge in [-0.3, -0.25) is 4.79 Å². The van der Waals surface area contributed by atoms with E-state index >= 15 is 0 Å². The lowest BCUT2D eigenvalue weighted by molar-refractivity contribution is -0.165. The fourth-order valence-electron chi connectivity index (χ4n) is 1.85. The van der Waals surface area contributed by atoms with E-state index in [0.29, 0.717) is 6.08 Å². The zero-order valence-electron chi connectivity index (χ0n) is 14.5. The second-order valence-corrected chi connectivity index (χ2v) is 6.89. The number of esters is 1. The molecule has 8 heteroatoms. The average Bonchev–Trinajstić information content (AvgIpc) is 2.41. The van der Waals surface area contributed by atoms with Crippen LogP contribution >= 0.6 is 11.6 Å². The van der Waals surface area contributed by atoms with Gasteiger partial charge in [-0.15, -0.1) is 0 Å². The molecule has 0 N–H and O–H groups in total. The van der Waals surface area contributed by atoms with Crippen molar-refractivity contribution in [2.75, 3.05) is 14.1 Å². The third kappa shape index (κ3) is 6.08. The Morgan fingerprint density at radius 1 is 1.16 bits per heavy atom. The number of nitrogens with zero attached hydrogens (tertiary/aromatic N) is 1. The molecule has 0 radical (unpaired) electrons. The number of carbonyl (C=O) groups is 2. The van der Waals surface area contributed by atoms with Crippen molar-refractivity contribution in [1.29, 1.82) is 0 Å². The van der Waals surface area contributed by atoms with Crippen LogP contribution < -0.4 is 0 Å². The number of hydrogen-bond donors (Lipinski definition) is 0. The molecule has 1 rings (SSSR count). The third-order valence-corrected chi connectivity index (χ3v) is 3.24. The molecule has 0 saturated carbocycles. The predicted molar refractivity (Wildman–Crippen MR) is 89.3 cm³/mol. The molecule has 0 atom stereocenters. The molecule has 138 valence electrons. The van der Waals surface area contributed by atoms with Crippen LogP contribution in [0.5, 0.6) is 0 Å². The Balaban J connectivity index is 3.36. The molecular formula is C17H19ClF3NO3. The Labute approximate surface area is 149 Å². The first kappa shape index (κ1) is 21.0. The minimum atomic E-state index is -4.98. The Bertz CT molecular complexity index is 704. The van der Waals surface area contributed by atoms with Gasteiger partial charge in [0.05, 0.1) is 10.6 Å². The monoisotopic (exact) mass is 377 g/mol. The summed E-state index contributed by atoms with van der Waals surface area (Å²) >= 11 is 6.00. The largest absolute Gasteiger partial charge is 0.456 e. The molecule has 0 spiro atoms. The molecule has 0 saturated heterocycles. The number of alkyl halides is 3. The number of hydrogen-bond acceptors (Lipinski definition) is 4. The quantitative estimate of drug-likeness (QED) is 0.579. The maximum Gasteiger partial charge on any atom is 0.454 e. The normalized spacial score (nSPS) is 12.8. The molecule has 0 amide bonds. The van der Waals surface area contributed by atoms with E-state index in [1.165, 1.54) is 37.2 Å². The highest BCUT2D eigenvalue weighted by molar-refractivity contribution is 6.33. The van der Waals surface area contributed by atoms with Crippen molar-refractivity contribution in [1.82, 2.24) is 4.90 Å². The standard InChI is InChI=1S/C17H19ClF3NO3/c1-16(2,3)25-15(24)11-8-10(6-7-12(11)18)13(22(4)5)9-14(23)17(19,20)21/h6-9H,1-5H3. The first-order valence-corrected chi connectivity index (χ1v) is 7.63. The zero-order valence-corrected chi connectivity index (χ0v) is 15.2. The number of halogens is 4. The van der Waals surface area contributed by atoms with Gasteiger partial charge in [0.2, 0.25) is 0 Å². The van der Waals surface area contributed by atoms with E-state index in [-0.39, 0.29) is 21.8 Å². The highest BCUT2D eigenvalue weighted by atomic mass is 35.5. The van der Waals surface area contributed by atoms with Gasteiger partial charge in [-0.2, -0.15) is 13.2 Å². The second-order valence-electron chi connectivity index (χ2n) is 6.48. The van der Waals surface area contributed by atoms with Gasteiger partial charge in [-0.1, -0.05) is 17.7 Å². The Morgan fingerprint density at radius 2 is 1.72 bits per heavy atom. The summed E-state index contributed by atoms with van der Waals surface area (Å²) in [6.07, 6.45) is -4.51. The van der Waals surface area contributed by atoms with Gasteiger partial charge in [-0.05, 0) is 38.5 Å². The van der Waals surface area contributed by atoms with Crippen LogP contribution in [-0.4, -0.2) is 42.5 Å². The van der Waals surface area contributed by atoms with Gasteiger partial charge >= 0.3 is 12.1 Å². The SMILES string of the molecule is CN(C)C(=CC(=O)C(F)(F)F)c1ccc(Cl)c(C(=O)OC(C)(C)C)c1. The summed E-state index contributed by atoms with van der Waals surface area (Å²) in [6.45, 7) is 5.03. The lowest BCUT2D eigenvalue weighted by atomic mass is 10.1. The molecule has 4 nitrogen and oxygen atoms in total. The predicted octanol–water partition coefficient (Wildman–Crippen LogP) is 4.33. The maximum absolute atomic E-state index is 12.5. The van der Waals surface area contributed by atoms with Gasteiger partial charge in [0.1, 0.15) is 5.60 Å². The van der Waals surface area contributed by atoms with Crippen LogP contribution in [-0.2, 0) is 9.53 Å². The van der Waals surface area contributed by atoms with Crippen LogP contribution in [0.15, 0.2) is 24.3 Å². The first-order chi connectivity index (χ1) is 11.2. The number of benzene rings is 1. The van der Waals surface area contributed by atoms with E-state index in [9.17, 15) is 22.8 Å². The summed E-state index contributed by atoms with van der Waals surface area (Å²) in [7, 11) is 2.97. The first-order valence-electron chi connectivity index (χ1n) is 7.26. The van der Waals surface area contributed by atoms with E-state index in [2.05, 4.69) is 0 Å². The molecule has 1 aromatic carbocycles. The van der Waals surface area contributed by atoms with Gasteiger partial charge < -0.3 is 9.64 Å². The lowest BCUT2D eigenvalue weighted by Crippen LogP contribution is -2.24. The molecule has 0 unspecified atom stereocenters. The van der Waals surface area contributed by atoms with E-state index < -0.39 is 23.5 Å². The zero-order chi connectivity index (χ0) is 19.6. The minimum Gasteiger partial charge on any atom is -0.456 e. The second kappa shape index (κ2) is 7.47. The van der Waals surface area contributed by atoms with Crippen molar-refractivity contribution in [2.45, 2.75) is 32.5 Å². The van der Waals surface area contributed by atoms with E-state index in [1.54, 1.807) is 20.8 Å². The average molecular weight is 378 g/mol. The summed E-state index contributed by atoms with van der Waals surface area (Å²) < 4.78 is 42.8. The van der Waals surface area contributed by atoms with Gasteiger partial charge in [0.15, 0.2) is 0 Å². The van der Waals surface area contributed by atoms with Gasteiger partial charge in [-0.25, -0.2) is 4.79 Å². The fraction of sp³-hybridized carbons (Fsp3) is 0.412. The van der Waals surface area contributed by atoms with Crippen LogP contribution in [0.4, 0.5) is 13.2 Å². The molecular weight excluding hydrogens is 359 g/mol. The van der Waals surface area contributed by atoms with E-state index in [1.807, 2.05) is 0 Å². The molecule has 25 heavy (non-hydrogen) atoms. The van der Waals surface area contributed by atoms with Crippen LogP contribution in [0.2, 0.25) is 5.02 Å². The van der Waals surface area contributed by atoms with Gasteiger partial charge in [0.25, 0.3) is 5.78 Å². The molecule has 0 fully saturated rings. The van der Waals surface area contributed by atoms with Crippen molar-refractivity contribution in [2.24, 2.45) is 0 Å². The third-order valence-electron chi connectivity index (χ3n) is 2.91.